The molecule has 1 aliphatic carbocycles. The molecule has 0 bridgehead atoms. The van der Waals surface area contributed by atoms with Crippen molar-refractivity contribution in [2.45, 2.75) is 18.4 Å². The number of aromatic nitrogens is 1. The molecule has 1 amide bonds. The Hall–Kier alpha value is -1.24. The summed E-state index contributed by atoms with van der Waals surface area (Å²) in [6, 6.07) is 2.01. The van der Waals surface area contributed by atoms with E-state index in [-0.39, 0.29) is 5.91 Å². The Bertz CT molecular complexity index is 640. The van der Waals surface area contributed by atoms with Gasteiger partial charge in [-0.2, -0.15) is 11.3 Å². The van der Waals surface area contributed by atoms with Crippen molar-refractivity contribution in [3.8, 4) is 10.6 Å². The van der Waals surface area contributed by atoms with Crippen LogP contribution in [-0.4, -0.2) is 39.6 Å². The van der Waals surface area contributed by atoms with Gasteiger partial charge in [-0.25, -0.2) is 4.98 Å². The first-order valence-electron chi connectivity index (χ1n) is 6.65. The molecule has 2 fully saturated rings. The number of hydrogen-bond acceptors (Lipinski definition) is 5. The lowest BCUT2D eigenvalue weighted by atomic mass is 9.88. The number of likely N-dealkylation sites (tertiary alicyclic amines) is 1. The van der Waals surface area contributed by atoms with Crippen LogP contribution < -0.4 is 0 Å². The number of β-amino-alcohol motifs (C(OH)–C–C–N with tert-alkyl or cyclic N) is 1. The zero-order chi connectivity index (χ0) is 13.7. The van der Waals surface area contributed by atoms with Crippen molar-refractivity contribution in [1.82, 2.24) is 9.88 Å². The summed E-state index contributed by atoms with van der Waals surface area (Å²) in [7, 11) is 0. The van der Waals surface area contributed by atoms with E-state index in [4.69, 9.17) is 0 Å². The fraction of sp³-hybridized carbons (Fsp3) is 0.429. The molecular formula is C14H14N2O2S2. The van der Waals surface area contributed by atoms with Gasteiger partial charge in [0.05, 0.1) is 13.1 Å². The molecule has 2 aromatic heterocycles. The highest BCUT2D eigenvalue weighted by molar-refractivity contribution is 7.14. The summed E-state index contributed by atoms with van der Waals surface area (Å²) in [5.41, 5.74) is 0.938. The number of carbonyl (C=O) groups is 1. The van der Waals surface area contributed by atoms with Crippen molar-refractivity contribution >= 4 is 28.6 Å². The molecule has 0 aromatic carbocycles. The van der Waals surface area contributed by atoms with E-state index < -0.39 is 5.60 Å². The summed E-state index contributed by atoms with van der Waals surface area (Å²) in [6.45, 7) is 0.920. The second kappa shape index (κ2) is 4.38. The van der Waals surface area contributed by atoms with E-state index in [1.54, 1.807) is 16.2 Å². The number of rotatable bonds is 3. The second-order valence-electron chi connectivity index (χ2n) is 5.59. The summed E-state index contributed by atoms with van der Waals surface area (Å²) in [4.78, 5) is 18.4. The van der Waals surface area contributed by atoms with Crippen molar-refractivity contribution in [2.75, 3.05) is 13.1 Å². The van der Waals surface area contributed by atoms with Crippen LogP contribution in [0.4, 0.5) is 0 Å². The average molecular weight is 306 g/mol. The van der Waals surface area contributed by atoms with E-state index in [9.17, 15) is 9.90 Å². The van der Waals surface area contributed by atoms with Gasteiger partial charge < -0.3 is 10.0 Å². The Morgan fingerprint density at radius 3 is 2.85 bits per heavy atom. The molecule has 4 nitrogen and oxygen atoms in total. The molecule has 2 aliphatic rings. The quantitative estimate of drug-likeness (QED) is 0.948. The van der Waals surface area contributed by atoms with Gasteiger partial charge in [-0.3, -0.25) is 4.79 Å². The SMILES string of the molecule is O=C(c1csc(-c2ccsc2)n1)N1CC(O)(C2CC2)C1. The topological polar surface area (TPSA) is 53.4 Å². The minimum atomic E-state index is -0.623. The highest BCUT2D eigenvalue weighted by Gasteiger charge is 2.53. The van der Waals surface area contributed by atoms with Gasteiger partial charge >= 0.3 is 0 Å². The van der Waals surface area contributed by atoms with E-state index in [1.807, 2.05) is 22.2 Å². The van der Waals surface area contributed by atoms with Crippen LogP contribution >= 0.6 is 22.7 Å². The molecule has 104 valence electrons. The third kappa shape index (κ3) is 1.99. The number of aliphatic hydroxyl groups is 1. The molecule has 1 aliphatic heterocycles. The van der Waals surface area contributed by atoms with Gasteiger partial charge in [-0.15, -0.1) is 11.3 Å². The van der Waals surface area contributed by atoms with E-state index in [1.165, 1.54) is 11.3 Å². The van der Waals surface area contributed by atoms with Crippen molar-refractivity contribution in [3.05, 3.63) is 27.9 Å². The number of hydrogen-bond donors (Lipinski definition) is 1. The molecule has 1 N–H and O–H groups in total. The molecule has 0 radical (unpaired) electrons. The number of amides is 1. The van der Waals surface area contributed by atoms with Crippen molar-refractivity contribution < 1.29 is 9.90 Å². The molecule has 6 heteroatoms. The van der Waals surface area contributed by atoms with Crippen molar-refractivity contribution in [2.24, 2.45) is 5.92 Å². The van der Waals surface area contributed by atoms with Crippen molar-refractivity contribution in [3.63, 3.8) is 0 Å². The molecule has 1 saturated carbocycles. The maximum atomic E-state index is 12.3. The average Bonchev–Trinajstić information content (AvgIpc) is 2.93. The lowest BCUT2D eigenvalue weighted by molar-refractivity contribution is -0.0959. The minimum Gasteiger partial charge on any atom is -0.386 e. The van der Waals surface area contributed by atoms with Crippen LogP contribution in [0.2, 0.25) is 0 Å². The Balaban J connectivity index is 1.47. The first-order valence-corrected chi connectivity index (χ1v) is 8.48. The largest absolute Gasteiger partial charge is 0.386 e. The Morgan fingerprint density at radius 1 is 1.40 bits per heavy atom. The normalized spacial score (nSPS) is 20.8. The molecular weight excluding hydrogens is 292 g/mol. The molecule has 0 unspecified atom stereocenters. The molecule has 0 atom stereocenters. The van der Waals surface area contributed by atoms with Crippen LogP contribution in [-0.2, 0) is 0 Å². The molecule has 1 saturated heterocycles. The van der Waals surface area contributed by atoms with E-state index >= 15 is 0 Å². The van der Waals surface area contributed by atoms with Crippen LogP contribution in [0.15, 0.2) is 22.2 Å². The molecule has 20 heavy (non-hydrogen) atoms. The summed E-state index contributed by atoms with van der Waals surface area (Å²) >= 11 is 3.11. The first-order chi connectivity index (χ1) is 9.66. The highest BCUT2D eigenvalue weighted by Crippen LogP contribution is 2.44. The van der Waals surface area contributed by atoms with Crippen LogP contribution in [0.25, 0.3) is 10.6 Å². The Labute approximate surface area is 124 Å². The number of thiazole rings is 1. The lowest BCUT2D eigenvalue weighted by Crippen LogP contribution is -2.64. The van der Waals surface area contributed by atoms with E-state index in [2.05, 4.69) is 4.98 Å². The van der Waals surface area contributed by atoms with Gasteiger partial charge in [0.25, 0.3) is 5.91 Å². The van der Waals surface area contributed by atoms with Gasteiger partial charge in [-0.05, 0) is 30.2 Å². The third-order valence-electron chi connectivity index (χ3n) is 4.05. The summed E-state index contributed by atoms with van der Waals surface area (Å²) in [6.07, 6.45) is 2.19. The molecule has 2 aromatic rings. The number of carbonyl (C=O) groups excluding carboxylic acids is 1. The van der Waals surface area contributed by atoms with Gasteiger partial charge in [0, 0.05) is 16.3 Å². The van der Waals surface area contributed by atoms with Crippen LogP contribution in [0, 0.1) is 5.92 Å². The second-order valence-corrected chi connectivity index (χ2v) is 7.23. The zero-order valence-electron chi connectivity index (χ0n) is 10.8. The third-order valence-corrected chi connectivity index (χ3v) is 5.62. The predicted molar refractivity (Wildman–Crippen MR) is 79.0 cm³/mol. The Kier molecular flexibility index (Phi) is 2.73. The van der Waals surface area contributed by atoms with Crippen LogP contribution in [0.3, 0.4) is 0 Å². The van der Waals surface area contributed by atoms with Gasteiger partial charge in [-0.1, -0.05) is 0 Å². The number of nitrogens with zero attached hydrogens (tertiary/aromatic N) is 2. The smallest absolute Gasteiger partial charge is 0.273 e. The summed E-state index contributed by atoms with van der Waals surface area (Å²) < 4.78 is 0. The summed E-state index contributed by atoms with van der Waals surface area (Å²) in [5.74, 6) is 0.344. The summed E-state index contributed by atoms with van der Waals surface area (Å²) in [5, 5.41) is 17.0. The minimum absolute atomic E-state index is 0.0620. The standard InChI is InChI=1S/C14H14N2O2S2/c17-13(16-7-14(18,8-16)10-1-2-10)11-6-20-12(15-11)9-3-4-19-5-9/h3-6,10,18H,1-2,7-8H2. The maximum Gasteiger partial charge on any atom is 0.273 e. The fourth-order valence-electron chi connectivity index (χ4n) is 2.69. The fourth-order valence-corrected chi connectivity index (χ4v) is 4.20. The molecule has 4 rings (SSSR count). The monoisotopic (exact) mass is 306 g/mol. The molecule has 3 heterocycles. The van der Waals surface area contributed by atoms with Gasteiger partial charge in [0.2, 0.25) is 0 Å². The van der Waals surface area contributed by atoms with Gasteiger partial charge in [0.15, 0.2) is 0 Å². The highest BCUT2D eigenvalue weighted by atomic mass is 32.1. The lowest BCUT2D eigenvalue weighted by Gasteiger charge is -2.46. The van der Waals surface area contributed by atoms with Crippen LogP contribution in [0.5, 0.6) is 0 Å². The predicted octanol–water partition coefficient (Wildman–Crippen LogP) is 2.47. The van der Waals surface area contributed by atoms with E-state index in [0.29, 0.717) is 24.7 Å². The van der Waals surface area contributed by atoms with Crippen LogP contribution in [0.1, 0.15) is 23.3 Å². The van der Waals surface area contributed by atoms with E-state index in [0.717, 1.165) is 23.4 Å². The number of thiophene rings is 1. The Morgan fingerprint density at radius 2 is 2.20 bits per heavy atom. The molecule has 0 spiro atoms. The zero-order valence-corrected chi connectivity index (χ0v) is 12.4. The van der Waals surface area contributed by atoms with Gasteiger partial charge in [0.1, 0.15) is 16.3 Å². The first kappa shape index (κ1) is 12.5. The van der Waals surface area contributed by atoms with Crippen molar-refractivity contribution in [1.29, 1.82) is 0 Å². The maximum absolute atomic E-state index is 12.3.